The molecule has 0 aromatic heterocycles. The van der Waals surface area contributed by atoms with Gasteiger partial charge in [0.05, 0.1) is 12.2 Å². The van der Waals surface area contributed by atoms with Gasteiger partial charge in [-0.2, -0.15) is 0 Å². The van der Waals surface area contributed by atoms with Crippen molar-refractivity contribution in [1.29, 1.82) is 0 Å². The molecular formula is C21H38O2. The van der Waals surface area contributed by atoms with Crippen molar-refractivity contribution in [2.75, 3.05) is 0 Å². The van der Waals surface area contributed by atoms with Crippen LogP contribution in [0, 0.1) is 11.8 Å². The highest BCUT2D eigenvalue weighted by Crippen LogP contribution is 2.35. The van der Waals surface area contributed by atoms with Crippen molar-refractivity contribution in [3.05, 3.63) is 23.3 Å². The molecule has 2 atom stereocenters. The molecule has 0 aliphatic heterocycles. The number of hydrogen-bond donors (Lipinski definition) is 2. The molecule has 2 heteroatoms. The number of unbranched alkanes of at least 4 members (excludes halogenated alkanes) is 2. The molecule has 1 rings (SSSR count). The van der Waals surface area contributed by atoms with Gasteiger partial charge in [0, 0.05) is 5.92 Å². The predicted octanol–water partition coefficient (Wildman–Crippen LogP) is 5.40. The van der Waals surface area contributed by atoms with Crippen LogP contribution in [0.25, 0.3) is 0 Å². The molecule has 0 heterocycles. The average molecular weight is 323 g/mol. The largest absolute Gasteiger partial charge is 0.393 e. The van der Waals surface area contributed by atoms with E-state index in [9.17, 15) is 10.2 Å². The smallest absolute Gasteiger partial charge is 0.0598 e. The lowest BCUT2D eigenvalue weighted by Crippen LogP contribution is -2.39. The monoisotopic (exact) mass is 322 g/mol. The van der Waals surface area contributed by atoms with Gasteiger partial charge < -0.3 is 10.2 Å². The van der Waals surface area contributed by atoms with Gasteiger partial charge in [0.1, 0.15) is 0 Å². The SMILES string of the molecule is CCCCCC1CC(O)C(C/C=C(\C)CCC=C(C)C)C(O)C1. The molecule has 0 radical (unpaired) electrons. The Morgan fingerprint density at radius 2 is 1.65 bits per heavy atom. The molecule has 1 aliphatic rings. The number of aliphatic hydroxyl groups is 2. The van der Waals surface area contributed by atoms with Crippen LogP contribution in [0.5, 0.6) is 0 Å². The minimum Gasteiger partial charge on any atom is -0.393 e. The topological polar surface area (TPSA) is 40.5 Å². The number of aliphatic hydroxyl groups excluding tert-OH is 2. The van der Waals surface area contributed by atoms with Crippen LogP contribution in [0.1, 0.15) is 85.5 Å². The van der Waals surface area contributed by atoms with Crippen LogP contribution in [0.2, 0.25) is 0 Å². The second-order valence-corrected chi connectivity index (χ2v) is 7.74. The van der Waals surface area contributed by atoms with Crippen LogP contribution in [0.4, 0.5) is 0 Å². The molecule has 0 aromatic rings. The second kappa shape index (κ2) is 11.0. The summed E-state index contributed by atoms with van der Waals surface area (Å²) in [6, 6.07) is 0. The minimum atomic E-state index is -0.341. The van der Waals surface area contributed by atoms with Gasteiger partial charge in [0.2, 0.25) is 0 Å². The van der Waals surface area contributed by atoms with Crippen molar-refractivity contribution < 1.29 is 10.2 Å². The van der Waals surface area contributed by atoms with E-state index in [4.69, 9.17) is 0 Å². The zero-order valence-electron chi connectivity index (χ0n) is 15.7. The fourth-order valence-electron chi connectivity index (χ4n) is 3.65. The molecule has 134 valence electrons. The van der Waals surface area contributed by atoms with E-state index >= 15 is 0 Å². The van der Waals surface area contributed by atoms with Gasteiger partial charge in [0.15, 0.2) is 0 Å². The Balaban J connectivity index is 2.41. The Morgan fingerprint density at radius 3 is 2.22 bits per heavy atom. The van der Waals surface area contributed by atoms with Crippen molar-refractivity contribution >= 4 is 0 Å². The highest BCUT2D eigenvalue weighted by molar-refractivity contribution is 5.04. The van der Waals surface area contributed by atoms with Crippen molar-refractivity contribution in [3.63, 3.8) is 0 Å². The molecule has 0 spiro atoms. The summed E-state index contributed by atoms with van der Waals surface area (Å²) in [7, 11) is 0. The summed E-state index contributed by atoms with van der Waals surface area (Å²) >= 11 is 0. The quantitative estimate of drug-likeness (QED) is 0.441. The lowest BCUT2D eigenvalue weighted by atomic mass is 9.74. The van der Waals surface area contributed by atoms with Crippen LogP contribution in [-0.2, 0) is 0 Å². The van der Waals surface area contributed by atoms with E-state index in [1.807, 2.05) is 0 Å². The molecular weight excluding hydrogens is 284 g/mol. The maximum absolute atomic E-state index is 10.4. The normalized spacial score (nSPS) is 28.7. The first-order valence-corrected chi connectivity index (χ1v) is 9.59. The van der Waals surface area contributed by atoms with E-state index in [0.717, 1.165) is 38.5 Å². The first kappa shape index (κ1) is 20.4. The number of allylic oxidation sites excluding steroid dienone is 4. The third kappa shape index (κ3) is 8.17. The average Bonchev–Trinajstić information content (AvgIpc) is 2.46. The van der Waals surface area contributed by atoms with E-state index in [1.165, 1.54) is 30.4 Å². The highest BCUT2D eigenvalue weighted by atomic mass is 16.3. The molecule has 2 unspecified atom stereocenters. The summed E-state index contributed by atoms with van der Waals surface area (Å²) in [4.78, 5) is 0. The Bertz CT molecular complexity index is 367. The molecule has 1 saturated carbocycles. The van der Waals surface area contributed by atoms with Gasteiger partial charge in [-0.1, -0.05) is 55.9 Å². The van der Waals surface area contributed by atoms with Crippen molar-refractivity contribution in [2.45, 2.75) is 97.7 Å². The van der Waals surface area contributed by atoms with E-state index in [2.05, 4.69) is 39.8 Å². The Morgan fingerprint density at radius 1 is 1.00 bits per heavy atom. The van der Waals surface area contributed by atoms with Crippen LogP contribution in [0.3, 0.4) is 0 Å². The maximum atomic E-state index is 10.4. The van der Waals surface area contributed by atoms with Crippen molar-refractivity contribution in [2.24, 2.45) is 11.8 Å². The van der Waals surface area contributed by atoms with Crippen LogP contribution < -0.4 is 0 Å². The third-order valence-corrected chi connectivity index (χ3v) is 5.18. The Kier molecular flexibility index (Phi) is 9.81. The van der Waals surface area contributed by atoms with E-state index in [0.29, 0.717) is 5.92 Å². The first-order valence-electron chi connectivity index (χ1n) is 9.59. The Hall–Kier alpha value is -0.600. The zero-order chi connectivity index (χ0) is 17.2. The van der Waals surface area contributed by atoms with Crippen molar-refractivity contribution in [3.8, 4) is 0 Å². The lowest BCUT2D eigenvalue weighted by Gasteiger charge is -2.37. The molecule has 0 saturated heterocycles. The van der Waals surface area contributed by atoms with Crippen LogP contribution in [0.15, 0.2) is 23.3 Å². The third-order valence-electron chi connectivity index (χ3n) is 5.18. The molecule has 23 heavy (non-hydrogen) atoms. The molecule has 0 bridgehead atoms. The second-order valence-electron chi connectivity index (χ2n) is 7.74. The summed E-state index contributed by atoms with van der Waals surface area (Å²) in [5.41, 5.74) is 2.73. The van der Waals surface area contributed by atoms with Gasteiger partial charge in [-0.05, 0) is 58.8 Å². The molecule has 2 nitrogen and oxygen atoms in total. The van der Waals surface area contributed by atoms with Gasteiger partial charge in [-0.3, -0.25) is 0 Å². The fraction of sp³-hybridized carbons (Fsp3) is 0.810. The molecule has 1 aliphatic carbocycles. The van der Waals surface area contributed by atoms with Crippen LogP contribution >= 0.6 is 0 Å². The zero-order valence-corrected chi connectivity index (χ0v) is 15.7. The Labute approximate surface area is 143 Å². The van der Waals surface area contributed by atoms with E-state index in [1.54, 1.807) is 0 Å². The number of rotatable bonds is 9. The maximum Gasteiger partial charge on any atom is 0.0598 e. The van der Waals surface area contributed by atoms with Gasteiger partial charge in [0.25, 0.3) is 0 Å². The minimum absolute atomic E-state index is 0.0239. The molecule has 2 N–H and O–H groups in total. The van der Waals surface area contributed by atoms with E-state index in [-0.39, 0.29) is 18.1 Å². The summed E-state index contributed by atoms with van der Waals surface area (Å²) < 4.78 is 0. The summed E-state index contributed by atoms with van der Waals surface area (Å²) in [5, 5.41) is 20.9. The molecule has 1 fully saturated rings. The number of hydrogen-bond acceptors (Lipinski definition) is 2. The summed E-state index contributed by atoms with van der Waals surface area (Å²) in [5.74, 6) is 0.529. The summed E-state index contributed by atoms with van der Waals surface area (Å²) in [6.45, 7) is 8.64. The predicted molar refractivity (Wildman–Crippen MR) is 99.4 cm³/mol. The molecule has 0 aromatic carbocycles. The van der Waals surface area contributed by atoms with Crippen LogP contribution in [-0.4, -0.2) is 22.4 Å². The van der Waals surface area contributed by atoms with Gasteiger partial charge in [-0.15, -0.1) is 0 Å². The highest BCUT2D eigenvalue weighted by Gasteiger charge is 2.34. The van der Waals surface area contributed by atoms with Gasteiger partial charge in [-0.25, -0.2) is 0 Å². The lowest BCUT2D eigenvalue weighted by molar-refractivity contribution is -0.0451. The fourth-order valence-corrected chi connectivity index (χ4v) is 3.65. The van der Waals surface area contributed by atoms with Crippen molar-refractivity contribution in [1.82, 2.24) is 0 Å². The first-order chi connectivity index (χ1) is 10.9. The van der Waals surface area contributed by atoms with Gasteiger partial charge >= 0.3 is 0 Å². The molecule has 0 amide bonds. The standard InChI is InChI=1S/C21H38O2/c1-5-6-7-11-18-14-20(22)19(21(23)15-18)13-12-17(4)10-8-9-16(2)3/h9,12,18-23H,5-8,10-11,13-15H2,1-4H3/b17-12+. The summed E-state index contributed by atoms with van der Waals surface area (Å²) in [6.07, 6.45) is 13.4. The van der Waals surface area contributed by atoms with E-state index < -0.39 is 0 Å².